The van der Waals surface area contributed by atoms with Crippen molar-refractivity contribution in [1.82, 2.24) is 9.55 Å². The highest BCUT2D eigenvalue weighted by atomic mass is 15.1. The van der Waals surface area contributed by atoms with Crippen LogP contribution in [0.5, 0.6) is 0 Å². The lowest BCUT2D eigenvalue weighted by Crippen LogP contribution is -2.09. The van der Waals surface area contributed by atoms with E-state index in [4.69, 9.17) is 4.98 Å². The molecule has 44 heavy (non-hydrogen) atoms. The van der Waals surface area contributed by atoms with Gasteiger partial charge in [0.05, 0.1) is 22.9 Å². The first-order valence-corrected chi connectivity index (χ1v) is 14.9. The molecule has 0 fully saturated rings. The highest BCUT2D eigenvalue weighted by molar-refractivity contribution is 6.14. The topological polar surface area (TPSA) is 21.1 Å². The van der Waals surface area contributed by atoms with Crippen molar-refractivity contribution in [3.8, 4) is 28.1 Å². The molecular formula is C41H29N3. The molecule has 0 N–H and O–H groups in total. The van der Waals surface area contributed by atoms with Gasteiger partial charge < -0.3 is 9.47 Å². The Morgan fingerprint density at radius 2 is 1.02 bits per heavy atom. The molecular weight excluding hydrogens is 534 g/mol. The van der Waals surface area contributed by atoms with Gasteiger partial charge in [0.15, 0.2) is 0 Å². The van der Waals surface area contributed by atoms with Crippen molar-refractivity contribution >= 4 is 38.9 Å². The predicted molar refractivity (Wildman–Crippen MR) is 184 cm³/mol. The van der Waals surface area contributed by atoms with E-state index in [1.807, 2.05) is 6.20 Å². The Morgan fingerprint density at radius 1 is 0.455 bits per heavy atom. The van der Waals surface area contributed by atoms with Crippen LogP contribution in [0.15, 0.2) is 176 Å². The van der Waals surface area contributed by atoms with Crippen LogP contribution in [-0.4, -0.2) is 9.55 Å². The SMILES string of the molecule is c1ccc(-c2cccc3c4cc(-c5ccc(N(c6ccccc6)c6ccccc6)cc5)ncc4n(-c4ccccc4)c23)cc1. The van der Waals surface area contributed by atoms with E-state index in [0.717, 1.165) is 39.5 Å². The summed E-state index contributed by atoms with van der Waals surface area (Å²) in [5.41, 5.74) is 11.2. The second kappa shape index (κ2) is 11.0. The lowest BCUT2D eigenvalue weighted by atomic mass is 10.0. The van der Waals surface area contributed by atoms with Crippen LogP contribution in [0.2, 0.25) is 0 Å². The Morgan fingerprint density at radius 3 is 1.66 bits per heavy atom. The molecule has 3 heteroatoms. The van der Waals surface area contributed by atoms with E-state index in [2.05, 4.69) is 179 Å². The van der Waals surface area contributed by atoms with Crippen molar-refractivity contribution < 1.29 is 0 Å². The van der Waals surface area contributed by atoms with Gasteiger partial charge >= 0.3 is 0 Å². The van der Waals surface area contributed by atoms with Gasteiger partial charge in [0.25, 0.3) is 0 Å². The smallest absolute Gasteiger partial charge is 0.0725 e. The lowest BCUT2D eigenvalue weighted by Gasteiger charge is -2.25. The Balaban J connectivity index is 1.27. The quantitative estimate of drug-likeness (QED) is 0.201. The van der Waals surface area contributed by atoms with Crippen LogP contribution < -0.4 is 4.90 Å². The molecule has 0 unspecified atom stereocenters. The summed E-state index contributed by atoms with van der Waals surface area (Å²) in [5.74, 6) is 0. The third-order valence-corrected chi connectivity index (χ3v) is 8.22. The molecule has 0 amide bonds. The number of pyridine rings is 1. The van der Waals surface area contributed by atoms with Gasteiger partial charge in [-0.15, -0.1) is 0 Å². The largest absolute Gasteiger partial charge is 0.311 e. The molecule has 0 aliphatic heterocycles. The van der Waals surface area contributed by atoms with Crippen molar-refractivity contribution in [3.05, 3.63) is 176 Å². The third kappa shape index (κ3) is 4.52. The molecule has 2 heterocycles. The van der Waals surface area contributed by atoms with Gasteiger partial charge in [-0.25, -0.2) is 0 Å². The molecule has 0 aliphatic carbocycles. The van der Waals surface area contributed by atoms with Crippen LogP contribution in [0.3, 0.4) is 0 Å². The summed E-state index contributed by atoms with van der Waals surface area (Å²) in [6.07, 6.45) is 2.03. The molecule has 6 aromatic carbocycles. The Labute approximate surface area is 256 Å². The average Bonchev–Trinajstić information content (AvgIpc) is 3.44. The highest BCUT2D eigenvalue weighted by Gasteiger charge is 2.18. The number of hydrogen-bond acceptors (Lipinski definition) is 2. The van der Waals surface area contributed by atoms with E-state index >= 15 is 0 Å². The van der Waals surface area contributed by atoms with Gasteiger partial charge in [-0.3, -0.25) is 4.98 Å². The maximum atomic E-state index is 5.02. The Bertz CT molecular complexity index is 2150. The number of rotatable bonds is 6. The number of para-hydroxylation sites is 4. The standard InChI is InChI=1S/C41H29N3/c1-5-14-30(15-6-1)36-22-13-23-37-38-28-39(42-29-40(38)44(41(36)37)34-20-11-4-12-21-34)31-24-26-35(27-25-31)43(32-16-7-2-8-17-32)33-18-9-3-10-19-33/h1-29H. The van der Waals surface area contributed by atoms with Gasteiger partial charge in [0.2, 0.25) is 0 Å². The average molecular weight is 564 g/mol. The zero-order chi connectivity index (χ0) is 29.3. The van der Waals surface area contributed by atoms with E-state index in [0.29, 0.717) is 0 Å². The summed E-state index contributed by atoms with van der Waals surface area (Å²) in [6.45, 7) is 0. The van der Waals surface area contributed by atoms with Crippen LogP contribution >= 0.6 is 0 Å². The summed E-state index contributed by atoms with van der Waals surface area (Å²) in [4.78, 5) is 7.29. The van der Waals surface area contributed by atoms with E-state index in [-0.39, 0.29) is 0 Å². The van der Waals surface area contributed by atoms with Gasteiger partial charge in [0.1, 0.15) is 0 Å². The summed E-state index contributed by atoms with van der Waals surface area (Å²) in [5, 5.41) is 2.40. The van der Waals surface area contributed by atoms with Crippen LogP contribution in [0.25, 0.3) is 49.9 Å². The minimum absolute atomic E-state index is 0.951. The molecule has 8 rings (SSSR count). The van der Waals surface area contributed by atoms with Crippen LogP contribution in [0.1, 0.15) is 0 Å². The number of benzene rings is 6. The minimum Gasteiger partial charge on any atom is -0.311 e. The van der Waals surface area contributed by atoms with E-state index in [1.165, 1.54) is 27.4 Å². The van der Waals surface area contributed by atoms with Crippen molar-refractivity contribution in [2.75, 3.05) is 4.90 Å². The van der Waals surface area contributed by atoms with Crippen molar-refractivity contribution in [2.24, 2.45) is 0 Å². The summed E-state index contributed by atoms with van der Waals surface area (Å²) < 4.78 is 2.35. The molecule has 0 aliphatic rings. The van der Waals surface area contributed by atoms with Gasteiger partial charge in [-0.05, 0) is 60.2 Å². The molecule has 8 aromatic rings. The third-order valence-electron chi connectivity index (χ3n) is 8.22. The summed E-state index contributed by atoms with van der Waals surface area (Å²) in [7, 11) is 0. The second-order valence-corrected chi connectivity index (χ2v) is 10.9. The first kappa shape index (κ1) is 25.8. The number of hydrogen-bond donors (Lipinski definition) is 0. The first-order chi connectivity index (χ1) is 21.8. The molecule has 0 radical (unpaired) electrons. The lowest BCUT2D eigenvalue weighted by molar-refractivity contribution is 1.17. The number of aromatic nitrogens is 2. The number of nitrogens with zero attached hydrogens (tertiary/aromatic N) is 3. The zero-order valence-corrected chi connectivity index (χ0v) is 24.1. The zero-order valence-electron chi connectivity index (χ0n) is 24.1. The minimum atomic E-state index is 0.951. The summed E-state index contributed by atoms with van der Waals surface area (Å²) in [6, 6.07) is 59.8. The second-order valence-electron chi connectivity index (χ2n) is 10.9. The highest BCUT2D eigenvalue weighted by Crippen LogP contribution is 2.40. The van der Waals surface area contributed by atoms with Crippen LogP contribution in [-0.2, 0) is 0 Å². The fraction of sp³-hybridized carbons (Fsp3) is 0. The van der Waals surface area contributed by atoms with E-state index < -0.39 is 0 Å². The first-order valence-electron chi connectivity index (χ1n) is 14.9. The Kier molecular flexibility index (Phi) is 6.47. The molecule has 0 bridgehead atoms. The van der Waals surface area contributed by atoms with Crippen molar-refractivity contribution in [3.63, 3.8) is 0 Å². The van der Waals surface area contributed by atoms with Gasteiger partial charge in [0, 0.05) is 44.6 Å². The fourth-order valence-corrected chi connectivity index (χ4v) is 6.20. The molecule has 208 valence electrons. The van der Waals surface area contributed by atoms with Crippen molar-refractivity contribution in [1.29, 1.82) is 0 Å². The molecule has 0 saturated carbocycles. The van der Waals surface area contributed by atoms with E-state index in [1.54, 1.807) is 0 Å². The van der Waals surface area contributed by atoms with Crippen LogP contribution in [0.4, 0.5) is 17.1 Å². The fourth-order valence-electron chi connectivity index (χ4n) is 6.20. The van der Waals surface area contributed by atoms with E-state index in [9.17, 15) is 0 Å². The van der Waals surface area contributed by atoms with Crippen molar-refractivity contribution in [2.45, 2.75) is 0 Å². The Hall–Kier alpha value is -5.93. The molecule has 2 aromatic heterocycles. The van der Waals surface area contributed by atoms with Gasteiger partial charge in [-0.1, -0.05) is 115 Å². The van der Waals surface area contributed by atoms with Gasteiger partial charge in [-0.2, -0.15) is 0 Å². The number of fused-ring (bicyclic) bond motifs is 3. The molecule has 0 atom stereocenters. The maximum Gasteiger partial charge on any atom is 0.0725 e. The number of anilines is 3. The van der Waals surface area contributed by atoms with Crippen LogP contribution in [0, 0.1) is 0 Å². The normalized spacial score (nSPS) is 11.2. The molecule has 3 nitrogen and oxygen atoms in total. The monoisotopic (exact) mass is 563 g/mol. The predicted octanol–water partition coefficient (Wildman–Crippen LogP) is 11.0. The molecule has 0 saturated heterocycles. The summed E-state index contributed by atoms with van der Waals surface area (Å²) >= 11 is 0. The molecule has 0 spiro atoms. The maximum absolute atomic E-state index is 5.02.